The van der Waals surface area contributed by atoms with Crippen molar-refractivity contribution in [3.63, 3.8) is 0 Å². The quantitative estimate of drug-likeness (QED) is 0.0832. The predicted octanol–water partition coefficient (Wildman–Crippen LogP) is 9.38. The lowest BCUT2D eigenvalue weighted by Crippen LogP contribution is -2.58. The molecule has 1 aliphatic rings. The normalized spacial score (nSPS) is 19.7. The molecule has 0 amide bonds. The SMILES string of the molecule is C=CCOc1cc(Cl)c(CC#N)cc1[C@@H]1O[C@H](COCc2ccccc2)[C@@H](OCc2ccccc2)[C@H](OCc2ccccc2)[C@H]1OCc1ccccc1. The number of nitrogens with zero attached hydrogens (tertiary/aromatic N) is 1. The van der Waals surface area contributed by atoms with Crippen molar-refractivity contribution in [3.8, 4) is 11.8 Å². The molecule has 0 N–H and O–H groups in total. The summed E-state index contributed by atoms with van der Waals surface area (Å²) in [6, 6.07) is 45.9. The number of hydrogen-bond acceptors (Lipinski definition) is 7. The Labute approximate surface area is 317 Å². The van der Waals surface area contributed by atoms with Crippen molar-refractivity contribution in [2.24, 2.45) is 0 Å². The number of hydrogen-bond donors (Lipinski definition) is 0. The number of nitriles is 1. The van der Waals surface area contributed by atoms with Gasteiger partial charge in [0.15, 0.2) is 0 Å². The van der Waals surface area contributed by atoms with Crippen molar-refractivity contribution < 1.29 is 28.4 Å². The van der Waals surface area contributed by atoms with Crippen LogP contribution in [-0.2, 0) is 56.5 Å². The fraction of sp³-hybridized carbons (Fsp3) is 0.267. The molecule has 5 atom stereocenters. The third kappa shape index (κ3) is 10.6. The number of halogens is 1. The Morgan fingerprint density at radius 1 is 0.660 bits per heavy atom. The molecule has 5 aromatic rings. The largest absolute Gasteiger partial charge is 0.489 e. The van der Waals surface area contributed by atoms with Crippen LogP contribution in [0.25, 0.3) is 0 Å². The Kier molecular flexibility index (Phi) is 14.2. The van der Waals surface area contributed by atoms with Crippen LogP contribution in [0.4, 0.5) is 0 Å². The minimum Gasteiger partial charge on any atom is -0.489 e. The Bertz CT molecular complexity index is 1890. The van der Waals surface area contributed by atoms with Crippen LogP contribution in [0.1, 0.15) is 39.5 Å². The molecule has 6 rings (SSSR count). The summed E-state index contributed by atoms with van der Waals surface area (Å²) in [6.07, 6.45) is -1.46. The van der Waals surface area contributed by atoms with Gasteiger partial charge in [-0.3, -0.25) is 0 Å². The van der Waals surface area contributed by atoms with Crippen LogP contribution >= 0.6 is 11.6 Å². The minimum atomic E-state index is -0.726. The second-order valence-corrected chi connectivity index (χ2v) is 13.2. The molecule has 0 spiro atoms. The zero-order valence-corrected chi connectivity index (χ0v) is 30.4. The van der Waals surface area contributed by atoms with Crippen molar-refractivity contribution in [2.75, 3.05) is 13.2 Å². The third-order valence-electron chi connectivity index (χ3n) is 8.99. The molecule has 5 aromatic carbocycles. The van der Waals surface area contributed by atoms with E-state index >= 15 is 0 Å². The molecule has 0 saturated carbocycles. The lowest BCUT2D eigenvalue weighted by atomic mass is 9.89. The van der Waals surface area contributed by atoms with E-state index in [-0.39, 0.29) is 19.6 Å². The van der Waals surface area contributed by atoms with Crippen molar-refractivity contribution in [1.29, 1.82) is 5.26 Å². The highest BCUT2D eigenvalue weighted by Crippen LogP contribution is 2.43. The van der Waals surface area contributed by atoms with Gasteiger partial charge in [0.25, 0.3) is 0 Å². The van der Waals surface area contributed by atoms with Gasteiger partial charge < -0.3 is 28.4 Å². The molecule has 1 aliphatic heterocycles. The van der Waals surface area contributed by atoms with Crippen LogP contribution < -0.4 is 4.74 Å². The molecular weight excluding hydrogens is 686 g/mol. The zero-order valence-electron chi connectivity index (χ0n) is 29.6. The van der Waals surface area contributed by atoms with E-state index in [0.717, 1.165) is 22.3 Å². The second-order valence-electron chi connectivity index (χ2n) is 12.8. The highest BCUT2D eigenvalue weighted by molar-refractivity contribution is 6.31. The molecule has 272 valence electrons. The van der Waals surface area contributed by atoms with E-state index in [9.17, 15) is 5.26 Å². The smallest absolute Gasteiger partial charge is 0.127 e. The number of rotatable bonds is 18. The van der Waals surface area contributed by atoms with E-state index in [2.05, 4.69) is 12.6 Å². The molecule has 1 heterocycles. The summed E-state index contributed by atoms with van der Waals surface area (Å²) in [5.74, 6) is 0.504. The van der Waals surface area contributed by atoms with E-state index < -0.39 is 30.5 Å². The molecule has 0 aromatic heterocycles. The Hall–Kier alpha value is -4.78. The summed E-state index contributed by atoms with van der Waals surface area (Å²) in [6.45, 7) is 5.62. The zero-order chi connectivity index (χ0) is 36.7. The molecule has 8 heteroatoms. The fourth-order valence-corrected chi connectivity index (χ4v) is 6.60. The first kappa shape index (κ1) is 38.0. The number of benzene rings is 5. The van der Waals surface area contributed by atoms with Crippen molar-refractivity contribution >= 4 is 11.6 Å². The molecule has 7 nitrogen and oxygen atoms in total. The van der Waals surface area contributed by atoms with Gasteiger partial charge in [0.1, 0.15) is 42.9 Å². The maximum absolute atomic E-state index is 9.70. The van der Waals surface area contributed by atoms with E-state index in [4.69, 9.17) is 40.0 Å². The standard InChI is InChI=1S/C45H44ClNO6/c1-2-25-49-40-27-39(46)37(23-24-47)26-38(40)42-44(51-30-35-19-11-5-12-20-35)45(52-31-36-21-13-6-14-22-36)43(50-29-34-17-9-4-10-18-34)41(53-42)32-48-28-33-15-7-3-8-16-33/h2-22,26-27,41-45H,1,23,25,28-32H2/t41-,42+,43-,44+,45+/m1/s1. The summed E-state index contributed by atoms with van der Waals surface area (Å²) in [5.41, 5.74) is 5.40. The van der Waals surface area contributed by atoms with Gasteiger partial charge in [-0.2, -0.15) is 5.26 Å². The second kappa shape index (κ2) is 19.9. The van der Waals surface area contributed by atoms with Crippen LogP contribution in [0.15, 0.2) is 146 Å². The first-order valence-electron chi connectivity index (χ1n) is 17.8. The summed E-state index contributed by atoms with van der Waals surface area (Å²) in [7, 11) is 0. The lowest BCUT2D eigenvalue weighted by molar-refractivity contribution is -0.275. The lowest BCUT2D eigenvalue weighted by Gasteiger charge is -2.46. The van der Waals surface area contributed by atoms with Crippen molar-refractivity contribution in [3.05, 3.63) is 185 Å². The van der Waals surface area contributed by atoms with Crippen LogP contribution in [0.3, 0.4) is 0 Å². The summed E-state index contributed by atoms with van der Waals surface area (Å²) in [4.78, 5) is 0. The molecule has 1 fully saturated rings. The summed E-state index contributed by atoms with van der Waals surface area (Å²) >= 11 is 6.71. The highest BCUT2D eigenvalue weighted by atomic mass is 35.5. The fourth-order valence-electron chi connectivity index (χ4n) is 6.38. The number of ether oxygens (including phenoxy) is 6. The van der Waals surface area contributed by atoms with Gasteiger partial charge >= 0.3 is 0 Å². The van der Waals surface area contributed by atoms with Gasteiger partial charge in [-0.25, -0.2) is 0 Å². The molecule has 53 heavy (non-hydrogen) atoms. The van der Waals surface area contributed by atoms with Crippen LogP contribution in [0.5, 0.6) is 5.75 Å². The average molecular weight is 730 g/mol. The summed E-state index contributed by atoms with van der Waals surface area (Å²) in [5, 5.41) is 10.1. The van der Waals surface area contributed by atoms with E-state index in [0.29, 0.717) is 48.3 Å². The molecule has 0 radical (unpaired) electrons. The van der Waals surface area contributed by atoms with Crippen molar-refractivity contribution in [2.45, 2.75) is 63.4 Å². The van der Waals surface area contributed by atoms with Gasteiger partial charge in [0.05, 0.1) is 45.5 Å². The first-order valence-corrected chi connectivity index (χ1v) is 18.2. The van der Waals surface area contributed by atoms with Gasteiger partial charge in [0.2, 0.25) is 0 Å². The first-order chi connectivity index (χ1) is 26.1. The maximum Gasteiger partial charge on any atom is 0.127 e. The molecular formula is C45H44ClNO6. The molecule has 0 bridgehead atoms. The third-order valence-corrected chi connectivity index (χ3v) is 9.35. The Balaban J connectivity index is 1.43. The average Bonchev–Trinajstić information content (AvgIpc) is 3.20. The molecule has 0 unspecified atom stereocenters. The minimum absolute atomic E-state index is 0.107. The van der Waals surface area contributed by atoms with Crippen molar-refractivity contribution in [1.82, 2.24) is 0 Å². The monoisotopic (exact) mass is 729 g/mol. The topological polar surface area (TPSA) is 79.2 Å². The Morgan fingerprint density at radius 2 is 1.15 bits per heavy atom. The van der Waals surface area contributed by atoms with Crippen LogP contribution in [-0.4, -0.2) is 37.6 Å². The van der Waals surface area contributed by atoms with E-state index in [1.807, 2.05) is 127 Å². The predicted molar refractivity (Wildman–Crippen MR) is 205 cm³/mol. The van der Waals surface area contributed by atoms with Crippen LogP contribution in [0.2, 0.25) is 5.02 Å². The van der Waals surface area contributed by atoms with Gasteiger partial charge in [-0.05, 0) is 39.9 Å². The van der Waals surface area contributed by atoms with Crippen LogP contribution in [0, 0.1) is 11.3 Å². The molecule has 0 aliphatic carbocycles. The van der Waals surface area contributed by atoms with E-state index in [1.54, 1.807) is 12.1 Å². The van der Waals surface area contributed by atoms with E-state index in [1.165, 1.54) is 0 Å². The highest BCUT2D eigenvalue weighted by Gasteiger charge is 2.50. The van der Waals surface area contributed by atoms with Gasteiger partial charge in [0, 0.05) is 10.6 Å². The van der Waals surface area contributed by atoms with Gasteiger partial charge in [-0.15, -0.1) is 0 Å². The Morgan fingerprint density at radius 3 is 1.66 bits per heavy atom. The summed E-state index contributed by atoms with van der Waals surface area (Å²) < 4.78 is 40.3. The van der Waals surface area contributed by atoms with Gasteiger partial charge in [-0.1, -0.05) is 146 Å². The maximum atomic E-state index is 9.70. The molecule has 1 saturated heterocycles.